The Balaban J connectivity index is 0.00000259. The van der Waals surface area contributed by atoms with E-state index in [4.69, 9.17) is 4.74 Å². The first kappa shape index (κ1) is 22.6. The molecule has 3 heteroatoms. The lowest BCUT2D eigenvalue weighted by atomic mass is 9.69. The van der Waals surface area contributed by atoms with Gasteiger partial charge < -0.3 is 9.84 Å². The maximum absolute atomic E-state index is 13.6. The highest BCUT2D eigenvalue weighted by molar-refractivity contribution is 5.48. The highest BCUT2D eigenvalue weighted by Gasteiger charge is 2.32. The Labute approximate surface area is 195 Å². The molecule has 0 amide bonds. The molecule has 168 valence electrons. The summed E-state index contributed by atoms with van der Waals surface area (Å²) in [4.78, 5) is 0. The fourth-order valence-electron chi connectivity index (χ4n) is 4.79. The van der Waals surface area contributed by atoms with Gasteiger partial charge in [0.1, 0.15) is 23.9 Å². The smallest absolute Gasteiger partial charge is 0.123 e. The second kappa shape index (κ2) is 9.91. The van der Waals surface area contributed by atoms with Crippen molar-refractivity contribution in [2.24, 2.45) is 0 Å². The largest absolute Gasteiger partial charge is 0.508 e. The van der Waals surface area contributed by atoms with Crippen molar-refractivity contribution in [3.05, 3.63) is 131 Å². The SMILES string of the molecule is C.Oc1ccc(C2c3ccc(OCc4ccccc4)cc3CCC2c2ccc(F)cc2)cc1. The number of hydrogen-bond donors (Lipinski definition) is 1. The van der Waals surface area contributed by atoms with Crippen LogP contribution in [0.5, 0.6) is 11.5 Å². The van der Waals surface area contributed by atoms with Gasteiger partial charge >= 0.3 is 0 Å². The number of ether oxygens (including phenoxy) is 1. The fraction of sp³-hybridized carbons (Fsp3) is 0.200. The Morgan fingerprint density at radius 3 is 2.24 bits per heavy atom. The zero-order chi connectivity index (χ0) is 21.9. The fourth-order valence-corrected chi connectivity index (χ4v) is 4.79. The number of halogens is 1. The van der Waals surface area contributed by atoms with Crippen LogP contribution in [0, 0.1) is 5.82 Å². The summed E-state index contributed by atoms with van der Waals surface area (Å²) in [6.45, 7) is 0.541. The van der Waals surface area contributed by atoms with E-state index in [1.165, 1.54) is 11.1 Å². The lowest BCUT2D eigenvalue weighted by molar-refractivity contribution is 0.305. The second-order valence-corrected chi connectivity index (χ2v) is 8.40. The molecule has 0 saturated carbocycles. The maximum Gasteiger partial charge on any atom is 0.123 e. The first-order valence-electron chi connectivity index (χ1n) is 11.0. The summed E-state index contributed by atoms with van der Waals surface area (Å²) in [6.07, 6.45) is 1.90. The molecule has 2 unspecified atom stereocenters. The van der Waals surface area contributed by atoms with Crippen molar-refractivity contribution in [2.45, 2.75) is 38.7 Å². The van der Waals surface area contributed by atoms with Gasteiger partial charge in [0, 0.05) is 5.92 Å². The zero-order valence-corrected chi connectivity index (χ0v) is 17.7. The van der Waals surface area contributed by atoms with Crippen molar-refractivity contribution in [1.29, 1.82) is 0 Å². The number of rotatable bonds is 5. The number of hydrogen-bond acceptors (Lipinski definition) is 2. The molecule has 2 atom stereocenters. The highest BCUT2D eigenvalue weighted by atomic mass is 19.1. The summed E-state index contributed by atoms with van der Waals surface area (Å²) < 4.78 is 19.6. The summed E-state index contributed by atoms with van der Waals surface area (Å²) in [5.41, 5.74) is 5.98. The van der Waals surface area contributed by atoms with Gasteiger partial charge in [-0.2, -0.15) is 0 Å². The third-order valence-corrected chi connectivity index (χ3v) is 6.38. The van der Waals surface area contributed by atoms with E-state index in [0.717, 1.165) is 35.3 Å². The molecule has 0 aliphatic heterocycles. The van der Waals surface area contributed by atoms with Crippen LogP contribution >= 0.6 is 0 Å². The van der Waals surface area contributed by atoms with Gasteiger partial charge in [-0.1, -0.05) is 68.1 Å². The average molecular weight is 441 g/mol. The van der Waals surface area contributed by atoms with Gasteiger partial charge in [0.15, 0.2) is 0 Å². The molecule has 0 fully saturated rings. The Morgan fingerprint density at radius 1 is 0.818 bits per heavy atom. The molecule has 4 aromatic rings. The highest BCUT2D eigenvalue weighted by Crippen LogP contribution is 2.47. The van der Waals surface area contributed by atoms with Crippen LogP contribution in [-0.2, 0) is 13.0 Å². The molecule has 0 aromatic heterocycles. The molecule has 1 aliphatic rings. The minimum atomic E-state index is -0.216. The summed E-state index contributed by atoms with van der Waals surface area (Å²) in [6, 6.07) is 30.9. The molecule has 4 aromatic carbocycles. The summed E-state index contributed by atoms with van der Waals surface area (Å²) >= 11 is 0. The van der Waals surface area contributed by atoms with E-state index in [2.05, 4.69) is 24.3 Å². The van der Waals surface area contributed by atoms with Gasteiger partial charge in [-0.3, -0.25) is 0 Å². The molecule has 33 heavy (non-hydrogen) atoms. The lowest BCUT2D eigenvalue weighted by Crippen LogP contribution is -2.20. The van der Waals surface area contributed by atoms with Crippen molar-refractivity contribution < 1.29 is 14.2 Å². The van der Waals surface area contributed by atoms with Crippen LogP contribution in [0.1, 0.15) is 53.5 Å². The van der Waals surface area contributed by atoms with E-state index in [1.54, 1.807) is 24.3 Å². The molecule has 5 rings (SSSR count). The lowest BCUT2D eigenvalue weighted by Gasteiger charge is -2.35. The maximum atomic E-state index is 13.6. The van der Waals surface area contributed by atoms with Crippen LogP contribution < -0.4 is 4.74 Å². The number of aromatic hydroxyl groups is 1. The van der Waals surface area contributed by atoms with E-state index in [9.17, 15) is 9.50 Å². The molecule has 0 saturated heterocycles. The van der Waals surface area contributed by atoms with E-state index in [1.807, 2.05) is 48.5 Å². The van der Waals surface area contributed by atoms with Gasteiger partial charge in [-0.25, -0.2) is 4.39 Å². The van der Waals surface area contributed by atoms with Crippen LogP contribution in [0.15, 0.2) is 97.1 Å². The number of fused-ring (bicyclic) bond motifs is 1. The Morgan fingerprint density at radius 2 is 1.52 bits per heavy atom. The quantitative estimate of drug-likeness (QED) is 0.346. The Kier molecular flexibility index (Phi) is 6.79. The van der Waals surface area contributed by atoms with Crippen molar-refractivity contribution in [2.75, 3.05) is 0 Å². The number of phenols is 1. The predicted molar refractivity (Wildman–Crippen MR) is 131 cm³/mol. The average Bonchev–Trinajstić information content (AvgIpc) is 2.84. The first-order chi connectivity index (χ1) is 15.7. The van der Waals surface area contributed by atoms with Crippen molar-refractivity contribution >= 4 is 0 Å². The molecule has 0 radical (unpaired) electrons. The molecular formula is C30H29FO2. The van der Waals surface area contributed by atoms with Crippen molar-refractivity contribution in [3.63, 3.8) is 0 Å². The van der Waals surface area contributed by atoms with E-state index >= 15 is 0 Å². The van der Waals surface area contributed by atoms with E-state index in [-0.39, 0.29) is 30.8 Å². The molecule has 2 nitrogen and oxygen atoms in total. The first-order valence-corrected chi connectivity index (χ1v) is 11.0. The van der Waals surface area contributed by atoms with Crippen LogP contribution in [0.4, 0.5) is 4.39 Å². The topological polar surface area (TPSA) is 29.5 Å². The zero-order valence-electron chi connectivity index (χ0n) is 17.7. The third-order valence-electron chi connectivity index (χ3n) is 6.38. The van der Waals surface area contributed by atoms with Gasteiger partial charge in [0.2, 0.25) is 0 Å². The third kappa shape index (κ3) is 4.93. The standard InChI is InChI=1S/C29H25FO2.CH4/c30-24-11-6-21(7-12-24)27-16-10-23-18-26(32-19-20-4-2-1-3-5-20)15-17-28(23)29(27)22-8-13-25(31)14-9-22;/h1-9,11-15,17-18,27,29,31H,10,16,19H2;1H4. The van der Waals surface area contributed by atoms with Crippen LogP contribution in [0.25, 0.3) is 0 Å². The number of benzene rings is 4. The van der Waals surface area contributed by atoms with Gasteiger partial charge in [0.25, 0.3) is 0 Å². The number of aryl methyl sites for hydroxylation is 1. The normalized spacial score (nSPS) is 17.0. The van der Waals surface area contributed by atoms with Gasteiger partial charge in [-0.05, 0) is 83.0 Å². The van der Waals surface area contributed by atoms with E-state index in [0.29, 0.717) is 6.61 Å². The number of phenolic OH excluding ortho intramolecular Hbond substituents is 1. The van der Waals surface area contributed by atoms with Gasteiger partial charge in [-0.15, -0.1) is 0 Å². The predicted octanol–water partition coefficient (Wildman–Crippen LogP) is 7.61. The molecule has 0 bridgehead atoms. The van der Waals surface area contributed by atoms with Crippen LogP contribution in [0.3, 0.4) is 0 Å². The van der Waals surface area contributed by atoms with Crippen LogP contribution in [-0.4, -0.2) is 5.11 Å². The minimum Gasteiger partial charge on any atom is -0.508 e. The Hall–Kier alpha value is -3.59. The minimum absolute atomic E-state index is 0. The molecule has 1 N–H and O–H groups in total. The second-order valence-electron chi connectivity index (χ2n) is 8.40. The van der Waals surface area contributed by atoms with Crippen molar-refractivity contribution in [1.82, 2.24) is 0 Å². The van der Waals surface area contributed by atoms with E-state index < -0.39 is 0 Å². The molecule has 1 aliphatic carbocycles. The molecule has 0 heterocycles. The molecule has 0 spiro atoms. The van der Waals surface area contributed by atoms with Crippen LogP contribution in [0.2, 0.25) is 0 Å². The van der Waals surface area contributed by atoms with Crippen molar-refractivity contribution in [3.8, 4) is 11.5 Å². The Bertz CT molecular complexity index is 1180. The summed E-state index contributed by atoms with van der Waals surface area (Å²) in [5, 5.41) is 9.79. The molecular weight excluding hydrogens is 411 g/mol. The van der Waals surface area contributed by atoms with Gasteiger partial charge in [0.05, 0.1) is 0 Å². The summed E-state index contributed by atoms with van der Waals surface area (Å²) in [7, 11) is 0. The summed E-state index contributed by atoms with van der Waals surface area (Å²) in [5.74, 6) is 1.29. The monoisotopic (exact) mass is 440 g/mol.